The van der Waals surface area contributed by atoms with Crippen LogP contribution < -0.4 is 34.7 Å². The van der Waals surface area contributed by atoms with E-state index < -0.39 is 54.8 Å². The summed E-state index contributed by atoms with van der Waals surface area (Å²) in [6.07, 6.45) is -2.04. The first kappa shape index (κ1) is 62.9. The van der Waals surface area contributed by atoms with Crippen molar-refractivity contribution in [1.29, 1.82) is 0 Å². The maximum Gasteiger partial charge on any atom is 0.405 e. The molecule has 9 aromatic rings. The smallest absolute Gasteiger partial charge is 0.405 e. The molecule has 10 rings (SSSR count). The molecule has 88 heavy (non-hydrogen) atoms. The van der Waals surface area contributed by atoms with Crippen LogP contribution in [0.15, 0.2) is 194 Å². The highest BCUT2D eigenvalue weighted by Crippen LogP contribution is 2.49. The summed E-state index contributed by atoms with van der Waals surface area (Å²) in [6.45, 7) is 6.71. The monoisotopic (exact) mass is 1230 g/mol. The van der Waals surface area contributed by atoms with E-state index in [1.165, 1.54) is 13.1 Å². The first-order valence-electron chi connectivity index (χ1n) is 28.9. The maximum atomic E-state index is 14.7. The summed E-state index contributed by atoms with van der Waals surface area (Å²) in [6, 6.07) is 60.3. The summed E-state index contributed by atoms with van der Waals surface area (Å²) in [5.74, 6) is 3.14. The van der Waals surface area contributed by atoms with E-state index in [4.69, 9.17) is 47.8 Å². The van der Waals surface area contributed by atoms with Crippen molar-refractivity contribution in [2.75, 3.05) is 58.0 Å². The number of aliphatic hydroxyl groups is 2. The number of ether oxygens (including phenoxy) is 5. The molecule has 18 nitrogen and oxygen atoms in total. The number of fused-ring (bicyclic) bond motifs is 1. The molecular formula is C68H74N7O11PS. The molecule has 1 aliphatic heterocycles. The van der Waals surface area contributed by atoms with Crippen LogP contribution in [-0.2, 0) is 40.8 Å². The Morgan fingerprint density at radius 2 is 1.10 bits per heavy atom. The van der Waals surface area contributed by atoms with Crippen molar-refractivity contribution in [3.8, 4) is 23.0 Å². The van der Waals surface area contributed by atoms with Crippen LogP contribution in [0.5, 0.6) is 23.0 Å². The molecule has 5 atom stereocenters. The van der Waals surface area contributed by atoms with Crippen LogP contribution in [0.25, 0.3) is 5.65 Å². The average molecular weight is 1230 g/mol. The number of anilines is 2. The predicted molar refractivity (Wildman–Crippen MR) is 341 cm³/mol. The largest absolute Gasteiger partial charge is 0.497 e. The molecule has 0 aliphatic carbocycles. The van der Waals surface area contributed by atoms with Crippen LogP contribution in [0.3, 0.4) is 0 Å². The zero-order valence-electron chi connectivity index (χ0n) is 50.5. The number of carbonyl (C=O) groups is 1. The third-order valence-corrected chi connectivity index (χ3v) is 19.0. The molecule has 0 amide bonds. The van der Waals surface area contributed by atoms with Gasteiger partial charge < -0.3 is 44.5 Å². The van der Waals surface area contributed by atoms with E-state index in [-0.39, 0.29) is 47.1 Å². The molecule has 0 bridgehead atoms. The van der Waals surface area contributed by atoms with Crippen molar-refractivity contribution in [3.05, 3.63) is 239 Å². The van der Waals surface area contributed by atoms with Crippen molar-refractivity contribution in [3.63, 3.8) is 0 Å². The van der Waals surface area contributed by atoms with E-state index in [0.717, 1.165) is 50.7 Å². The van der Waals surface area contributed by atoms with Gasteiger partial charge in [0, 0.05) is 17.7 Å². The molecule has 2 aromatic heterocycles. The Balaban J connectivity index is 1.12. The quantitative estimate of drug-likeness (QED) is 0.0184. The van der Waals surface area contributed by atoms with Crippen molar-refractivity contribution < 1.29 is 52.3 Å². The second-order valence-corrected chi connectivity index (χ2v) is 25.0. The summed E-state index contributed by atoms with van der Waals surface area (Å²) in [5.41, 5.74) is 1.04. The Bertz CT molecular complexity index is 3710. The van der Waals surface area contributed by atoms with Gasteiger partial charge in [-0.25, -0.2) is 19.2 Å². The van der Waals surface area contributed by atoms with Gasteiger partial charge in [0.2, 0.25) is 5.95 Å². The van der Waals surface area contributed by atoms with E-state index in [1.54, 1.807) is 33.0 Å². The number of carbonyl (C=O) groups excluding carboxylic acids is 1. The van der Waals surface area contributed by atoms with Gasteiger partial charge in [-0.1, -0.05) is 172 Å². The molecule has 1 fully saturated rings. The predicted octanol–water partition coefficient (Wildman–Crippen LogP) is 12.1. The molecule has 0 spiro atoms. The second-order valence-electron chi connectivity index (χ2n) is 22.1. The van der Waals surface area contributed by atoms with Crippen molar-refractivity contribution >= 4 is 42.0 Å². The van der Waals surface area contributed by atoms with Gasteiger partial charge in [-0.05, 0) is 101 Å². The number of nitrogens with one attached hydrogen (secondary N) is 3. The standard InChI is InChI=1S/C68H74N7O11PS/c1-9-65(2,3)63(77)88-42-41-84-87(79,70-43-46-19-13-10-14-20-46)85-45-58-59(76)66(4,78)60(86-58)57-44-69-62-61(72-67(47-21-15-11-16-22-47,49-25-33-53(80-5)34-26-49)50-27-35-54(81-6)36-28-50)71-64(74-75(57)62)73-68(48-23-17-12-18-24-48,51-29-37-55(82-7)38-30-51)52-31-39-56(83-8)40-32-52/h10-40,44,58-60,76,78H,9,41-43,45H2,1-8H3,(H,70,79)(H2,71,72,73,74)/t58-,59-,60+,66-,87?/m1/s1. The lowest BCUT2D eigenvalue weighted by Gasteiger charge is -2.38. The Hall–Kier alpha value is -8.10. The molecule has 5 N–H and O–H groups in total. The molecule has 20 heteroatoms. The highest BCUT2D eigenvalue weighted by atomic mass is 32.2. The number of nitrogens with zero attached hydrogens (tertiary/aromatic N) is 4. The van der Waals surface area contributed by atoms with Crippen LogP contribution >= 0.6 is 19.5 Å². The van der Waals surface area contributed by atoms with Crippen LogP contribution in [-0.4, -0.2) is 100 Å². The SMILES string of the molecule is CCC(C)(C)C(=O)SCCOP(=O)(NCc1ccccc1)OC[C@H]1O[C@@H](c2cnc3c(NC(c4ccccc4)(c4ccc(OC)cc4)c4ccc(OC)cc4)nc(NC(c4ccccc4)(c4ccc(OC)cc4)c4ccc(OC)cc4)nn23)[C@](C)(O)[C@@H]1O. The molecule has 3 heterocycles. The summed E-state index contributed by atoms with van der Waals surface area (Å²) in [5, 5.41) is 40.9. The van der Waals surface area contributed by atoms with Gasteiger partial charge >= 0.3 is 7.75 Å². The number of aromatic nitrogens is 4. The lowest BCUT2D eigenvalue weighted by molar-refractivity contribution is -0.118. The fraction of sp³-hybridized carbons (Fsp3) is 0.294. The first-order chi connectivity index (χ1) is 42.5. The molecule has 458 valence electrons. The van der Waals surface area contributed by atoms with Crippen molar-refractivity contribution in [1.82, 2.24) is 24.7 Å². The average Bonchev–Trinajstić information content (AvgIpc) is 1.29. The summed E-state index contributed by atoms with van der Waals surface area (Å²) in [7, 11) is 2.29. The normalized spacial score (nSPS) is 17.7. The number of imidazole rings is 1. The number of hydrogen-bond acceptors (Lipinski definition) is 17. The van der Waals surface area contributed by atoms with Gasteiger partial charge in [0.1, 0.15) is 58.0 Å². The van der Waals surface area contributed by atoms with Gasteiger partial charge in [-0.15, -0.1) is 5.10 Å². The van der Waals surface area contributed by atoms with E-state index >= 15 is 0 Å². The molecule has 1 saturated heterocycles. The third kappa shape index (κ3) is 13.0. The van der Waals surface area contributed by atoms with Gasteiger partial charge in [-0.3, -0.25) is 13.8 Å². The van der Waals surface area contributed by atoms with Gasteiger partial charge in [0.25, 0.3) is 0 Å². The Morgan fingerprint density at radius 3 is 1.56 bits per heavy atom. The zero-order valence-corrected chi connectivity index (χ0v) is 52.2. The van der Waals surface area contributed by atoms with E-state index in [9.17, 15) is 19.6 Å². The second kappa shape index (κ2) is 27.1. The van der Waals surface area contributed by atoms with Crippen LogP contribution in [0.4, 0.5) is 11.8 Å². The summed E-state index contributed by atoms with van der Waals surface area (Å²) in [4.78, 5) is 23.5. The first-order valence-corrected chi connectivity index (χ1v) is 31.5. The molecule has 1 unspecified atom stereocenters. The minimum atomic E-state index is -4.19. The lowest BCUT2D eigenvalue weighted by Crippen LogP contribution is -2.43. The Morgan fingerprint density at radius 1 is 0.659 bits per heavy atom. The Labute approximate surface area is 517 Å². The highest BCUT2D eigenvalue weighted by molar-refractivity contribution is 8.13. The number of rotatable bonds is 27. The van der Waals surface area contributed by atoms with E-state index in [1.807, 2.05) is 209 Å². The number of hydrogen-bond donors (Lipinski definition) is 5. The molecule has 7 aromatic carbocycles. The van der Waals surface area contributed by atoms with E-state index in [0.29, 0.717) is 29.4 Å². The van der Waals surface area contributed by atoms with Crippen LogP contribution in [0, 0.1) is 5.41 Å². The molecule has 0 saturated carbocycles. The van der Waals surface area contributed by atoms with E-state index in [2.05, 4.69) is 15.7 Å². The molecule has 0 radical (unpaired) electrons. The van der Waals surface area contributed by atoms with Crippen molar-refractivity contribution in [2.24, 2.45) is 5.41 Å². The minimum absolute atomic E-state index is 0.0131. The van der Waals surface area contributed by atoms with Gasteiger partial charge in [-0.2, -0.15) is 4.98 Å². The fourth-order valence-electron chi connectivity index (χ4n) is 10.9. The van der Waals surface area contributed by atoms with Crippen LogP contribution in [0.1, 0.15) is 84.9 Å². The zero-order chi connectivity index (χ0) is 62.1. The van der Waals surface area contributed by atoms with Gasteiger partial charge in [0.15, 0.2) is 16.6 Å². The highest BCUT2D eigenvalue weighted by Gasteiger charge is 2.55. The van der Waals surface area contributed by atoms with Crippen LogP contribution in [0.2, 0.25) is 0 Å². The fourth-order valence-corrected chi connectivity index (χ4v) is 13.2. The topological polar surface area (TPSA) is 218 Å². The minimum Gasteiger partial charge on any atom is -0.497 e. The number of thioether (sulfide) groups is 1. The summed E-state index contributed by atoms with van der Waals surface area (Å²) >= 11 is 1.10. The van der Waals surface area contributed by atoms with Crippen molar-refractivity contribution in [2.45, 2.75) is 75.7 Å². The number of benzene rings is 7. The molecular weight excluding hydrogens is 1150 g/mol. The summed E-state index contributed by atoms with van der Waals surface area (Å²) < 4.78 is 57.8. The lowest BCUT2D eigenvalue weighted by atomic mass is 9.77. The number of methoxy groups -OCH3 is 4. The Kier molecular flexibility index (Phi) is 19.4. The van der Waals surface area contributed by atoms with Gasteiger partial charge in [0.05, 0.1) is 53.5 Å². The third-order valence-electron chi connectivity index (χ3n) is 16.3. The number of aliphatic hydroxyl groups excluding tert-OH is 1. The maximum absolute atomic E-state index is 14.7. The molecule has 1 aliphatic rings.